The molecule has 0 radical (unpaired) electrons. The van der Waals surface area contributed by atoms with Crippen molar-refractivity contribution in [2.75, 3.05) is 0 Å². The highest BCUT2D eigenvalue weighted by Gasteiger charge is 2.44. The van der Waals surface area contributed by atoms with Crippen molar-refractivity contribution in [3.05, 3.63) is 0 Å². The van der Waals surface area contributed by atoms with E-state index in [0.717, 1.165) is 0 Å². The molecule has 0 unspecified atom stereocenters. The summed E-state index contributed by atoms with van der Waals surface area (Å²) in [6.07, 6.45) is -3.34. The van der Waals surface area contributed by atoms with Gasteiger partial charge in [-0.2, -0.15) is 0 Å². The molecule has 24 heavy (non-hydrogen) atoms. The smallest absolute Gasteiger partial charge is 0.0347 e. The molecular formula is C18H42N2P2S2. The van der Waals surface area contributed by atoms with Crippen molar-refractivity contribution >= 4 is 36.0 Å². The van der Waals surface area contributed by atoms with Crippen LogP contribution in [0.5, 0.6) is 0 Å². The van der Waals surface area contributed by atoms with E-state index in [-0.39, 0.29) is 11.1 Å². The lowest BCUT2D eigenvalue weighted by Gasteiger charge is -2.51. The summed E-state index contributed by atoms with van der Waals surface area (Å²) in [6.45, 7) is 27.2. The van der Waals surface area contributed by atoms with Gasteiger partial charge in [0.05, 0.1) is 0 Å². The molecule has 0 spiro atoms. The molecule has 0 saturated heterocycles. The normalized spacial score (nSPS) is 15.2. The van der Waals surface area contributed by atoms with Gasteiger partial charge in [-0.1, -0.05) is 79.0 Å². The minimum atomic E-state index is -1.67. The van der Waals surface area contributed by atoms with Crippen LogP contribution in [0.15, 0.2) is 0 Å². The summed E-state index contributed by atoms with van der Waals surface area (Å²) in [6, 6.07) is 0. The topological polar surface area (TPSA) is 24.1 Å². The van der Waals surface area contributed by atoms with Crippen molar-refractivity contribution in [2.45, 2.75) is 117 Å². The van der Waals surface area contributed by atoms with Gasteiger partial charge in [-0.25, -0.2) is 0 Å². The Morgan fingerprint density at radius 3 is 0.833 bits per heavy atom. The minimum Gasteiger partial charge on any atom is -0.281 e. The van der Waals surface area contributed by atoms with Crippen molar-refractivity contribution < 1.29 is 0 Å². The zero-order valence-corrected chi connectivity index (χ0v) is 21.4. The molecule has 2 N–H and O–H groups in total. The predicted octanol–water partition coefficient (Wildman–Crippen LogP) is 6.15. The van der Waals surface area contributed by atoms with Gasteiger partial charge in [0.25, 0.3) is 0 Å². The predicted molar refractivity (Wildman–Crippen MR) is 124 cm³/mol. The number of hydrogen-bond acceptors (Lipinski definition) is 2. The van der Waals surface area contributed by atoms with E-state index in [9.17, 15) is 0 Å². The molecule has 0 aliphatic carbocycles. The van der Waals surface area contributed by atoms with Crippen LogP contribution in [0.2, 0.25) is 0 Å². The molecule has 6 heteroatoms. The zero-order chi connectivity index (χ0) is 19.7. The van der Waals surface area contributed by atoms with Crippen molar-refractivity contribution in [3.63, 3.8) is 0 Å². The summed E-state index contributed by atoms with van der Waals surface area (Å²) < 4.78 is 0. The van der Waals surface area contributed by atoms with Gasteiger partial charge in [-0.3, -0.25) is 10.2 Å². The fourth-order valence-corrected chi connectivity index (χ4v) is 9.96. The van der Waals surface area contributed by atoms with Crippen LogP contribution < -0.4 is 10.2 Å². The summed E-state index contributed by atoms with van der Waals surface area (Å²) in [7, 11) is 0. The maximum absolute atomic E-state index is 6.17. The molecule has 0 aromatic carbocycles. The second-order valence-corrected chi connectivity index (χ2v) is 20.3. The molecular weight excluding hydrogens is 370 g/mol. The van der Waals surface area contributed by atoms with Gasteiger partial charge in [-0.05, 0) is 50.3 Å². The average molecular weight is 413 g/mol. The Bertz CT molecular complexity index is 439. The van der Waals surface area contributed by atoms with Crippen LogP contribution in [-0.4, -0.2) is 33.7 Å². The van der Waals surface area contributed by atoms with Gasteiger partial charge >= 0.3 is 0 Å². The first-order chi connectivity index (χ1) is 10.4. The molecule has 0 bridgehead atoms. The van der Waals surface area contributed by atoms with E-state index in [0.29, 0.717) is 22.6 Å². The fourth-order valence-electron chi connectivity index (χ4n) is 2.86. The lowest BCUT2D eigenvalue weighted by Crippen LogP contribution is -2.62. The first kappa shape index (κ1) is 25.2. The number of hydrogen-bond donors (Lipinski definition) is 2. The lowest BCUT2D eigenvalue weighted by atomic mass is 9.85. The quantitative estimate of drug-likeness (QED) is 0.444. The van der Waals surface area contributed by atoms with E-state index in [4.69, 9.17) is 23.6 Å². The zero-order valence-electron chi connectivity index (χ0n) is 18.0. The maximum atomic E-state index is 6.17. The standard InChI is InChI=1S/C18H42N2P2S2/c1-13(2)21(23,14(3)4)19-17(9,10)18(11,12)20-22(24,15(5)6)16(7)8/h13-16H,1-12H3,(H,19,23)(H,20,24). The highest BCUT2D eigenvalue weighted by Crippen LogP contribution is 2.57. The molecule has 0 amide bonds. The summed E-state index contributed by atoms with van der Waals surface area (Å²) in [4.78, 5) is 0. The van der Waals surface area contributed by atoms with Gasteiger partial charge in [0, 0.05) is 23.5 Å². The van der Waals surface area contributed by atoms with Gasteiger partial charge in [0.15, 0.2) is 0 Å². The molecule has 0 aliphatic rings. The maximum Gasteiger partial charge on any atom is 0.0347 e. The van der Waals surface area contributed by atoms with Crippen LogP contribution in [0.4, 0.5) is 0 Å². The van der Waals surface area contributed by atoms with Crippen molar-refractivity contribution in [1.29, 1.82) is 0 Å². The van der Waals surface area contributed by atoms with Gasteiger partial charge in [0.2, 0.25) is 0 Å². The molecule has 0 saturated carbocycles. The Kier molecular flexibility index (Phi) is 8.92. The SMILES string of the molecule is CC(C)P(=S)(NC(C)(C)C(C)(C)NP(=S)(C(C)C)C(C)C)C(C)C. The van der Waals surface area contributed by atoms with Crippen molar-refractivity contribution in [1.82, 2.24) is 10.2 Å². The van der Waals surface area contributed by atoms with Crippen molar-refractivity contribution in [2.24, 2.45) is 0 Å². The Hall–Kier alpha value is 1.22. The monoisotopic (exact) mass is 412 g/mol. The molecule has 146 valence electrons. The minimum absolute atomic E-state index is 0.134. The molecule has 0 heterocycles. The van der Waals surface area contributed by atoms with Gasteiger partial charge in [-0.15, -0.1) is 0 Å². The van der Waals surface area contributed by atoms with Crippen LogP contribution in [0.3, 0.4) is 0 Å². The van der Waals surface area contributed by atoms with Gasteiger partial charge in [0.1, 0.15) is 0 Å². The highest BCUT2D eigenvalue weighted by atomic mass is 32.4. The highest BCUT2D eigenvalue weighted by molar-refractivity contribution is 8.14. The average Bonchev–Trinajstić information content (AvgIpc) is 2.36. The van der Waals surface area contributed by atoms with Crippen LogP contribution in [0.25, 0.3) is 0 Å². The van der Waals surface area contributed by atoms with Crippen LogP contribution in [0.1, 0.15) is 83.1 Å². The third kappa shape index (κ3) is 5.37. The van der Waals surface area contributed by atoms with E-state index in [2.05, 4.69) is 93.3 Å². The third-order valence-corrected chi connectivity index (χ3v) is 19.1. The van der Waals surface area contributed by atoms with Gasteiger partial charge < -0.3 is 0 Å². The van der Waals surface area contributed by atoms with E-state index in [1.807, 2.05) is 0 Å². The second kappa shape index (κ2) is 8.49. The first-order valence-corrected chi connectivity index (χ1v) is 15.1. The second-order valence-electron chi connectivity index (χ2n) is 9.27. The Morgan fingerprint density at radius 2 is 0.708 bits per heavy atom. The molecule has 0 aliphatic heterocycles. The summed E-state index contributed by atoms with van der Waals surface area (Å²) >= 11 is 12.3. The largest absolute Gasteiger partial charge is 0.281 e. The van der Waals surface area contributed by atoms with Crippen LogP contribution in [-0.2, 0) is 23.6 Å². The van der Waals surface area contributed by atoms with Crippen LogP contribution >= 0.6 is 12.4 Å². The number of nitrogens with one attached hydrogen (secondary N) is 2. The molecule has 0 atom stereocenters. The number of rotatable bonds is 9. The third-order valence-electron chi connectivity index (χ3n) is 5.54. The van der Waals surface area contributed by atoms with E-state index in [1.165, 1.54) is 0 Å². The van der Waals surface area contributed by atoms with Crippen molar-refractivity contribution in [3.8, 4) is 0 Å². The Labute approximate surface area is 162 Å². The molecule has 0 rings (SSSR count). The van der Waals surface area contributed by atoms with E-state index >= 15 is 0 Å². The summed E-state index contributed by atoms with van der Waals surface area (Å²) in [5, 5.41) is 7.89. The van der Waals surface area contributed by atoms with E-state index < -0.39 is 12.4 Å². The molecule has 0 fully saturated rings. The molecule has 2 nitrogen and oxygen atoms in total. The summed E-state index contributed by atoms with van der Waals surface area (Å²) in [5.41, 5.74) is 1.68. The fraction of sp³-hybridized carbons (Fsp3) is 1.00. The Morgan fingerprint density at radius 1 is 0.542 bits per heavy atom. The van der Waals surface area contributed by atoms with E-state index in [1.54, 1.807) is 0 Å². The summed E-state index contributed by atoms with van der Waals surface area (Å²) in [5.74, 6) is 0. The van der Waals surface area contributed by atoms with Crippen LogP contribution in [0, 0.1) is 0 Å². The molecule has 0 aromatic heterocycles. The molecule has 0 aromatic rings. The first-order valence-electron chi connectivity index (χ1n) is 9.21. The Balaban J connectivity index is 5.76. The lowest BCUT2D eigenvalue weighted by molar-refractivity contribution is 0.261.